The number of hydrogen-bond acceptors (Lipinski definition) is 4. The van der Waals surface area contributed by atoms with Crippen LogP contribution in [0, 0.1) is 5.21 Å². The van der Waals surface area contributed by atoms with E-state index in [2.05, 4.69) is 0 Å². The van der Waals surface area contributed by atoms with Gasteiger partial charge in [-0.2, -0.15) is 0 Å². The number of nitrogens with zero attached hydrogens (tertiary/aromatic N) is 2. The van der Waals surface area contributed by atoms with Gasteiger partial charge in [0, 0.05) is 103 Å². The van der Waals surface area contributed by atoms with Gasteiger partial charge in [-0.05, 0) is 0 Å². The second-order valence-electron chi connectivity index (χ2n) is 0.775. The van der Waals surface area contributed by atoms with Crippen molar-refractivity contribution in [1.29, 1.82) is 0 Å². The van der Waals surface area contributed by atoms with E-state index in [0.29, 0.717) is 0 Å². The van der Waals surface area contributed by atoms with Crippen molar-refractivity contribution in [3.8, 4) is 0 Å². The molecule has 7 nitrogen and oxygen atoms in total. The van der Waals surface area contributed by atoms with E-state index in [9.17, 15) is 13.6 Å². The van der Waals surface area contributed by atoms with Gasteiger partial charge in [-0.25, -0.2) is 4.55 Å². The minimum Gasteiger partial charge on any atom is -0.579 e. The summed E-state index contributed by atoms with van der Waals surface area (Å²) in [7, 11) is -4.89. The molecule has 2 radical (unpaired) electrons. The monoisotopic (exact) mass is 220 g/mol. The molecule has 0 unspecified atom stereocenters. The topological polar surface area (TPSA) is 113 Å². The van der Waals surface area contributed by atoms with Gasteiger partial charge in [0.15, 0.2) is 0 Å². The van der Waals surface area contributed by atoms with E-state index >= 15 is 0 Å². The Bertz CT molecular complexity index is 194. The van der Waals surface area contributed by atoms with E-state index in [1.807, 2.05) is 0 Å². The van der Waals surface area contributed by atoms with Gasteiger partial charge in [-0.1, -0.05) is 0 Å². The fourth-order valence-electron chi connectivity index (χ4n) is 0.0461. The van der Waals surface area contributed by atoms with Gasteiger partial charge in [-0.3, -0.25) is 0 Å². The maximum absolute atomic E-state index is 9.50. The molecule has 0 saturated heterocycles. The van der Waals surface area contributed by atoms with Crippen molar-refractivity contribution < 1.29 is 22.4 Å². The maximum atomic E-state index is 9.50. The predicted molar refractivity (Wildman–Crippen MR) is 30.9 cm³/mol. The van der Waals surface area contributed by atoms with Crippen LogP contribution in [0.25, 0.3) is 0 Å². The van der Waals surface area contributed by atoms with Crippen LogP contribution in [0.15, 0.2) is 5.28 Å². The normalized spacial score (nSPS) is 11.1. The molecule has 0 saturated carbocycles. The Hall–Kier alpha value is 2.38. The quantitative estimate of drug-likeness (QED) is 0.181. The third-order valence-corrected chi connectivity index (χ3v) is 0.738. The summed E-state index contributed by atoms with van der Waals surface area (Å²) < 4.78 is 25.3. The van der Waals surface area contributed by atoms with Crippen LogP contribution < -0.4 is 0 Å². The molecule has 0 heterocycles. The van der Waals surface area contributed by atoms with E-state index in [1.165, 1.54) is 0 Å². The van der Waals surface area contributed by atoms with Crippen molar-refractivity contribution in [2.24, 2.45) is 5.28 Å². The first-order chi connectivity index (χ1) is 3.48. The van der Waals surface area contributed by atoms with Crippen molar-refractivity contribution in [3.05, 3.63) is 5.21 Å². The molecule has 0 spiro atoms. The molecule has 0 aliphatic heterocycles. The molecule has 0 aliphatic rings. The van der Waals surface area contributed by atoms with Crippen LogP contribution in [0.2, 0.25) is 0 Å². The first-order valence-corrected chi connectivity index (χ1v) is 2.68. The average molecular weight is 220 g/mol. The predicted octanol–water partition coefficient (Wildman–Crippen LogP) is -1.62. The molecule has 0 aromatic heterocycles. The standard InChI is InChI=1S/2K.H2N2O5S/c;;3-1-2(4)8(5,6)7/h;;3H,(H,5,6,7)/b;;2-1+. The fraction of sp³-hybridized carbons (Fsp3) is 0. The second-order valence-corrected chi connectivity index (χ2v) is 1.98. The number of hydrogen-bond donors (Lipinski definition) is 2. The molecule has 0 atom stereocenters. The van der Waals surface area contributed by atoms with Gasteiger partial charge < -0.3 is 10.4 Å². The molecule has 0 amide bonds. The SMILES string of the molecule is O=S(=O)(O)/[N+]([O-])=N/O.[K].[K]. The average Bonchev–Trinajstić information content (AvgIpc) is 1.62. The minimum absolute atomic E-state index is 0. The third kappa shape index (κ3) is 8.48. The van der Waals surface area contributed by atoms with E-state index in [-0.39, 0.29) is 103 Å². The molecule has 0 aromatic carbocycles. The van der Waals surface area contributed by atoms with Crippen LogP contribution in [0.3, 0.4) is 0 Å². The molecule has 0 bridgehead atoms. The zero-order valence-corrected chi connectivity index (χ0v) is 12.5. The van der Waals surface area contributed by atoms with Gasteiger partial charge in [0.1, 0.15) is 0 Å². The Morgan fingerprint density at radius 1 is 1.40 bits per heavy atom. The summed E-state index contributed by atoms with van der Waals surface area (Å²) in [5, 5.41) is 18.5. The van der Waals surface area contributed by atoms with Gasteiger partial charge in [-0.15, -0.1) is 8.42 Å². The Balaban J connectivity index is -0.000000245. The van der Waals surface area contributed by atoms with Crippen molar-refractivity contribution in [2.75, 3.05) is 0 Å². The van der Waals surface area contributed by atoms with Crippen LogP contribution in [0.4, 0.5) is 0 Å². The zero-order valence-electron chi connectivity index (χ0n) is 5.42. The van der Waals surface area contributed by atoms with Crippen molar-refractivity contribution >= 4 is 113 Å². The van der Waals surface area contributed by atoms with E-state index in [4.69, 9.17) is 9.76 Å². The van der Waals surface area contributed by atoms with Gasteiger partial charge in [0.2, 0.25) is 5.28 Å². The minimum atomic E-state index is -4.89. The van der Waals surface area contributed by atoms with Crippen LogP contribution in [0.1, 0.15) is 0 Å². The van der Waals surface area contributed by atoms with Crippen LogP contribution in [0.5, 0.6) is 0 Å². The Morgan fingerprint density at radius 2 is 1.70 bits per heavy atom. The van der Waals surface area contributed by atoms with Crippen molar-refractivity contribution in [2.45, 2.75) is 0 Å². The van der Waals surface area contributed by atoms with Crippen molar-refractivity contribution in [1.82, 2.24) is 0 Å². The maximum Gasteiger partial charge on any atom is 0.546 e. The summed E-state index contributed by atoms with van der Waals surface area (Å²) in [5.41, 5.74) is 0. The Morgan fingerprint density at radius 3 is 1.70 bits per heavy atom. The Labute approximate surface area is 142 Å². The molecular formula is H2K2N2O5S. The smallest absolute Gasteiger partial charge is 0.546 e. The molecule has 0 aliphatic carbocycles. The zero-order chi connectivity index (χ0) is 6.78. The first-order valence-electron chi connectivity index (χ1n) is 1.28. The summed E-state index contributed by atoms with van der Waals surface area (Å²) in [4.78, 5) is 0. The fourth-order valence-corrected chi connectivity index (χ4v) is 0.138. The Kier molecular flexibility index (Phi) is 14.6. The largest absolute Gasteiger partial charge is 0.579 e. The molecule has 2 N–H and O–H groups in total. The summed E-state index contributed by atoms with van der Waals surface area (Å²) in [6, 6.07) is 0. The molecule has 50 valence electrons. The van der Waals surface area contributed by atoms with Gasteiger partial charge >= 0.3 is 10.3 Å². The van der Waals surface area contributed by atoms with E-state index in [0.717, 1.165) is 0 Å². The summed E-state index contributed by atoms with van der Waals surface area (Å²) >= 11 is 0. The summed E-state index contributed by atoms with van der Waals surface area (Å²) in [6.07, 6.45) is 0. The van der Waals surface area contributed by atoms with Crippen molar-refractivity contribution in [3.63, 3.8) is 0 Å². The molecule has 0 aromatic rings. The first kappa shape index (κ1) is 18.2. The molecule has 10 heavy (non-hydrogen) atoms. The van der Waals surface area contributed by atoms with Crippen LogP contribution in [-0.2, 0) is 10.3 Å². The molecular weight excluding hydrogens is 218 g/mol. The molecule has 10 heteroatoms. The van der Waals surface area contributed by atoms with Crippen LogP contribution in [-0.4, -0.2) is 125 Å². The van der Waals surface area contributed by atoms with Gasteiger partial charge in [0.05, 0.1) is 4.27 Å². The molecule has 0 rings (SSSR count). The van der Waals surface area contributed by atoms with Gasteiger partial charge in [0.25, 0.3) is 0 Å². The second kappa shape index (κ2) is 8.00. The summed E-state index contributed by atoms with van der Waals surface area (Å²) in [5.74, 6) is 0. The van der Waals surface area contributed by atoms with Crippen LogP contribution >= 0.6 is 0 Å². The molecule has 0 fully saturated rings. The van der Waals surface area contributed by atoms with E-state index in [1.54, 1.807) is 5.28 Å². The van der Waals surface area contributed by atoms with E-state index < -0.39 is 14.6 Å². The summed E-state index contributed by atoms with van der Waals surface area (Å²) in [6.45, 7) is 0. The third-order valence-electron chi connectivity index (χ3n) is 0.270. The number of rotatable bonds is 1.